The predicted octanol–water partition coefficient (Wildman–Crippen LogP) is 18.0. The summed E-state index contributed by atoms with van der Waals surface area (Å²) < 4.78 is 6.60. The van der Waals surface area contributed by atoms with Gasteiger partial charge in [0.2, 0.25) is 0 Å². The molecular weight excluding hydrogens is 789 g/mol. The number of benzene rings is 9. The summed E-state index contributed by atoms with van der Waals surface area (Å²) in [6.07, 6.45) is 4.97. The van der Waals surface area contributed by atoms with Crippen LogP contribution in [0.5, 0.6) is 0 Å². The van der Waals surface area contributed by atoms with Crippen molar-refractivity contribution < 1.29 is 4.42 Å². The topological polar surface area (TPSA) is 19.6 Å². The van der Waals surface area contributed by atoms with E-state index in [-0.39, 0.29) is 0 Å². The lowest BCUT2D eigenvalue weighted by atomic mass is 9.81. The standard InChI is InChI=1S/C62H50N2O/c1-43-18-19-44(2)58(40-43)51-26-34-55(35-27-51)64(54-32-24-50(25-33-54)47-16-10-5-11-17-47)57-37-39-62-60(42-57)59-41-56(36-38-61(59)65-62)63(52-28-20-48(21-29-52)45-12-6-3-7-13-45)53-30-22-49(23-31-53)46-14-8-4-9-15-46/h3-17,20-44H,18-19H2,1-2H3. The molecule has 65 heavy (non-hydrogen) atoms. The Kier molecular flexibility index (Phi) is 10.7. The first-order chi connectivity index (χ1) is 32.0. The van der Waals surface area contributed by atoms with Crippen molar-refractivity contribution >= 4 is 61.6 Å². The van der Waals surface area contributed by atoms with Crippen LogP contribution in [0.3, 0.4) is 0 Å². The van der Waals surface area contributed by atoms with Crippen LogP contribution in [-0.2, 0) is 0 Å². The predicted molar refractivity (Wildman–Crippen MR) is 275 cm³/mol. The Labute approximate surface area is 382 Å². The van der Waals surface area contributed by atoms with Crippen molar-refractivity contribution in [1.82, 2.24) is 0 Å². The van der Waals surface area contributed by atoms with Crippen LogP contribution in [0.1, 0.15) is 32.3 Å². The second kappa shape index (κ2) is 17.4. The number of allylic oxidation sites excluding steroid dienone is 2. The van der Waals surface area contributed by atoms with E-state index in [9.17, 15) is 0 Å². The molecule has 3 nitrogen and oxygen atoms in total. The van der Waals surface area contributed by atoms with Crippen molar-refractivity contribution in [2.45, 2.75) is 26.7 Å². The van der Waals surface area contributed by atoms with E-state index in [0.29, 0.717) is 11.8 Å². The van der Waals surface area contributed by atoms with Gasteiger partial charge >= 0.3 is 0 Å². The summed E-state index contributed by atoms with van der Waals surface area (Å²) in [6.45, 7) is 4.70. The van der Waals surface area contributed by atoms with E-state index in [1.165, 1.54) is 57.4 Å². The third-order valence-corrected chi connectivity index (χ3v) is 13.2. The molecule has 11 rings (SSSR count). The number of hydrogen-bond acceptors (Lipinski definition) is 3. The van der Waals surface area contributed by atoms with Crippen molar-refractivity contribution in [3.05, 3.63) is 236 Å². The molecule has 0 fully saturated rings. The Hall–Kier alpha value is -7.88. The third-order valence-electron chi connectivity index (χ3n) is 13.2. The lowest BCUT2D eigenvalue weighted by Gasteiger charge is -2.27. The summed E-state index contributed by atoms with van der Waals surface area (Å²) in [4.78, 5) is 4.72. The average molecular weight is 839 g/mol. The molecule has 314 valence electrons. The van der Waals surface area contributed by atoms with E-state index in [1.54, 1.807) is 0 Å². The number of hydrogen-bond donors (Lipinski definition) is 0. The Morgan fingerprint density at radius 2 is 0.662 bits per heavy atom. The van der Waals surface area contributed by atoms with Gasteiger partial charge in [-0.05, 0) is 154 Å². The molecule has 0 bridgehead atoms. The fraction of sp³-hybridized carbons (Fsp3) is 0.0968. The molecule has 1 aliphatic rings. The molecule has 0 amide bonds. The van der Waals surface area contributed by atoms with Crippen LogP contribution >= 0.6 is 0 Å². The van der Waals surface area contributed by atoms with E-state index in [4.69, 9.17) is 4.42 Å². The molecule has 0 radical (unpaired) electrons. The molecule has 9 aromatic carbocycles. The van der Waals surface area contributed by atoms with Gasteiger partial charge < -0.3 is 14.2 Å². The molecule has 0 saturated carbocycles. The van der Waals surface area contributed by atoms with Crippen molar-refractivity contribution in [2.75, 3.05) is 9.80 Å². The van der Waals surface area contributed by atoms with Crippen LogP contribution in [0.25, 0.3) is 60.9 Å². The minimum absolute atomic E-state index is 0.554. The lowest BCUT2D eigenvalue weighted by Crippen LogP contribution is -2.11. The molecule has 3 heteroatoms. The first-order valence-corrected chi connectivity index (χ1v) is 22.9. The maximum atomic E-state index is 6.60. The smallest absolute Gasteiger partial charge is 0.135 e. The summed E-state index contributed by atoms with van der Waals surface area (Å²) >= 11 is 0. The average Bonchev–Trinajstić information content (AvgIpc) is 3.74. The van der Waals surface area contributed by atoms with E-state index in [1.807, 2.05) is 0 Å². The van der Waals surface area contributed by atoms with Gasteiger partial charge in [0.15, 0.2) is 0 Å². The monoisotopic (exact) mass is 838 g/mol. The second-order valence-electron chi connectivity index (χ2n) is 17.5. The van der Waals surface area contributed by atoms with Crippen LogP contribution in [0.4, 0.5) is 34.1 Å². The minimum Gasteiger partial charge on any atom is -0.456 e. The third kappa shape index (κ3) is 8.02. The van der Waals surface area contributed by atoms with Crippen molar-refractivity contribution in [3.63, 3.8) is 0 Å². The number of anilines is 6. The van der Waals surface area contributed by atoms with E-state index in [0.717, 1.165) is 56.1 Å². The molecule has 10 aromatic rings. The van der Waals surface area contributed by atoms with Gasteiger partial charge in [-0.2, -0.15) is 0 Å². The molecular formula is C62H50N2O. The Bertz CT molecular complexity index is 3160. The molecule has 0 spiro atoms. The summed E-state index contributed by atoms with van der Waals surface area (Å²) in [5.74, 6) is 1.16. The van der Waals surface area contributed by atoms with Gasteiger partial charge in [0, 0.05) is 44.9 Å². The second-order valence-corrected chi connectivity index (χ2v) is 17.5. The zero-order valence-electron chi connectivity index (χ0n) is 36.8. The zero-order chi connectivity index (χ0) is 43.7. The van der Waals surface area contributed by atoms with Gasteiger partial charge in [-0.25, -0.2) is 0 Å². The maximum absolute atomic E-state index is 6.60. The highest BCUT2D eigenvalue weighted by Gasteiger charge is 2.21. The highest BCUT2D eigenvalue weighted by molar-refractivity contribution is 6.08. The SMILES string of the molecule is CC1C=C(c2ccc(N(c3ccc(-c4ccccc4)cc3)c3ccc4oc5ccc(N(c6ccc(-c7ccccc7)cc6)c6ccc(-c7ccccc7)cc6)cc5c4c3)cc2)C(C)CC1. The van der Waals surface area contributed by atoms with E-state index < -0.39 is 0 Å². The van der Waals surface area contributed by atoms with Crippen LogP contribution in [0, 0.1) is 11.8 Å². The molecule has 1 aliphatic carbocycles. The Morgan fingerprint density at radius 3 is 1.03 bits per heavy atom. The molecule has 1 aromatic heterocycles. The van der Waals surface area contributed by atoms with Crippen molar-refractivity contribution in [3.8, 4) is 33.4 Å². The van der Waals surface area contributed by atoms with Gasteiger partial charge in [0.1, 0.15) is 11.2 Å². The van der Waals surface area contributed by atoms with Crippen LogP contribution < -0.4 is 9.80 Å². The van der Waals surface area contributed by atoms with Crippen LogP contribution in [0.15, 0.2) is 235 Å². The normalized spacial score (nSPS) is 14.9. The van der Waals surface area contributed by atoms with Gasteiger partial charge in [-0.15, -0.1) is 0 Å². The van der Waals surface area contributed by atoms with Crippen molar-refractivity contribution in [2.24, 2.45) is 11.8 Å². The maximum Gasteiger partial charge on any atom is 0.135 e. The van der Waals surface area contributed by atoms with Gasteiger partial charge in [0.05, 0.1) is 0 Å². The number of nitrogens with zero attached hydrogens (tertiary/aromatic N) is 2. The number of fused-ring (bicyclic) bond motifs is 3. The molecule has 2 atom stereocenters. The van der Waals surface area contributed by atoms with E-state index >= 15 is 0 Å². The summed E-state index contributed by atoms with van der Waals surface area (Å²) in [6, 6.07) is 80.8. The first kappa shape index (κ1) is 39.9. The fourth-order valence-electron chi connectivity index (χ4n) is 9.63. The van der Waals surface area contributed by atoms with Crippen LogP contribution in [0.2, 0.25) is 0 Å². The molecule has 2 unspecified atom stereocenters. The summed E-state index contributed by atoms with van der Waals surface area (Å²) in [7, 11) is 0. The van der Waals surface area contributed by atoms with Gasteiger partial charge in [0.25, 0.3) is 0 Å². The minimum atomic E-state index is 0.554. The highest BCUT2D eigenvalue weighted by Crippen LogP contribution is 2.44. The lowest BCUT2D eigenvalue weighted by molar-refractivity contribution is 0.515. The number of rotatable bonds is 10. The first-order valence-electron chi connectivity index (χ1n) is 22.9. The molecule has 0 aliphatic heterocycles. The fourth-order valence-corrected chi connectivity index (χ4v) is 9.63. The summed E-state index contributed by atoms with van der Waals surface area (Å²) in [5.41, 5.74) is 18.1. The summed E-state index contributed by atoms with van der Waals surface area (Å²) in [5, 5.41) is 2.13. The molecule has 0 saturated heterocycles. The number of furan rings is 1. The van der Waals surface area contributed by atoms with Crippen LogP contribution in [-0.4, -0.2) is 0 Å². The largest absolute Gasteiger partial charge is 0.456 e. The quantitative estimate of drug-likeness (QED) is 0.137. The zero-order valence-corrected chi connectivity index (χ0v) is 36.8. The molecule has 0 N–H and O–H groups in total. The Balaban J connectivity index is 1.01. The van der Waals surface area contributed by atoms with E-state index in [2.05, 4.69) is 254 Å². The van der Waals surface area contributed by atoms with Crippen molar-refractivity contribution in [1.29, 1.82) is 0 Å². The van der Waals surface area contributed by atoms with Gasteiger partial charge in [-0.3, -0.25) is 0 Å². The highest BCUT2D eigenvalue weighted by atomic mass is 16.3. The molecule has 1 heterocycles. The van der Waals surface area contributed by atoms with Gasteiger partial charge in [-0.1, -0.05) is 159 Å². The Morgan fingerprint density at radius 1 is 0.338 bits per heavy atom.